The summed E-state index contributed by atoms with van der Waals surface area (Å²) >= 11 is 0. The standard InChI is InChI=1S/C12H11N5O/c13-10-3-1-9-6-11(4-2-8(9)5-10)18-7-12-14-16-17-15-12/h1-6H,7,13H2,(H,14,15,16,17). The molecule has 1 aromatic heterocycles. The Bertz CT molecular complexity index is 665. The van der Waals surface area contributed by atoms with Crippen molar-refractivity contribution in [3.05, 3.63) is 42.2 Å². The predicted molar refractivity (Wildman–Crippen MR) is 66.9 cm³/mol. The zero-order valence-electron chi connectivity index (χ0n) is 9.50. The number of nitrogens with zero attached hydrogens (tertiary/aromatic N) is 3. The first kappa shape index (κ1) is 10.5. The second-order valence-corrected chi connectivity index (χ2v) is 3.89. The highest BCUT2D eigenvalue weighted by atomic mass is 16.5. The van der Waals surface area contributed by atoms with E-state index in [-0.39, 0.29) is 6.61 Å². The first-order chi connectivity index (χ1) is 8.81. The van der Waals surface area contributed by atoms with Crippen LogP contribution >= 0.6 is 0 Å². The van der Waals surface area contributed by atoms with Gasteiger partial charge in [-0.15, -0.1) is 10.2 Å². The highest BCUT2D eigenvalue weighted by molar-refractivity contribution is 5.86. The molecule has 0 unspecified atom stereocenters. The van der Waals surface area contributed by atoms with Crippen molar-refractivity contribution in [1.82, 2.24) is 20.6 Å². The minimum atomic E-state index is 0.289. The van der Waals surface area contributed by atoms with Crippen LogP contribution in [-0.2, 0) is 6.61 Å². The van der Waals surface area contributed by atoms with E-state index in [1.165, 1.54) is 0 Å². The smallest absolute Gasteiger partial charge is 0.211 e. The van der Waals surface area contributed by atoms with E-state index in [2.05, 4.69) is 20.6 Å². The number of ether oxygens (including phenoxy) is 1. The Labute approximate surface area is 103 Å². The number of benzene rings is 2. The fourth-order valence-corrected chi connectivity index (χ4v) is 1.72. The molecule has 18 heavy (non-hydrogen) atoms. The Morgan fingerprint density at radius 1 is 1.11 bits per heavy atom. The van der Waals surface area contributed by atoms with Crippen molar-refractivity contribution in [1.29, 1.82) is 0 Å². The van der Waals surface area contributed by atoms with Gasteiger partial charge in [0.1, 0.15) is 5.75 Å². The van der Waals surface area contributed by atoms with Crippen LogP contribution in [0.4, 0.5) is 5.69 Å². The molecule has 0 saturated heterocycles. The largest absolute Gasteiger partial charge is 0.485 e. The van der Waals surface area contributed by atoms with Crippen molar-refractivity contribution in [3.8, 4) is 5.75 Å². The van der Waals surface area contributed by atoms with Gasteiger partial charge in [0.05, 0.1) is 0 Å². The number of nitrogens with two attached hydrogens (primary N) is 1. The third kappa shape index (κ3) is 2.08. The third-order valence-corrected chi connectivity index (χ3v) is 2.59. The van der Waals surface area contributed by atoms with E-state index in [4.69, 9.17) is 10.5 Å². The number of aromatic amines is 1. The number of hydrogen-bond acceptors (Lipinski definition) is 5. The summed E-state index contributed by atoms with van der Waals surface area (Å²) in [6.45, 7) is 0.289. The van der Waals surface area contributed by atoms with E-state index >= 15 is 0 Å². The second-order valence-electron chi connectivity index (χ2n) is 3.89. The molecule has 0 fully saturated rings. The molecular weight excluding hydrogens is 230 g/mol. The molecule has 0 aliphatic carbocycles. The van der Waals surface area contributed by atoms with Gasteiger partial charge in [-0.25, -0.2) is 0 Å². The Morgan fingerprint density at radius 2 is 1.94 bits per heavy atom. The molecule has 6 heteroatoms. The molecule has 0 saturated carbocycles. The number of anilines is 1. The molecule has 3 rings (SSSR count). The van der Waals surface area contributed by atoms with Crippen molar-refractivity contribution < 1.29 is 4.74 Å². The van der Waals surface area contributed by atoms with Crippen molar-refractivity contribution in [2.24, 2.45) is 0 Å². The summed E-state index contributed by atoms with van der Waals surface area (Å²) in [6, 6.07) is 11.6. The zero-order chi connectivity index (χ0) is 12.4. The lowest BCUT2D eigenvalue weighted by Gasteiger charge is -2.05. The van der Waals surface area contributed by atoms with E-state index in [1.807, 2.05) is 36.4 Å². The van der Waals surface area contributed by atoms with Gasteiger partial charge in [-0.1, -0.05) is 17.3 Å². The van der Waals surface area contributed by atoms with E-state index in [0.29, 0.717) is 5.82 Å². The molecule has 1 heterocycles. The fraction of sp³-hybridized carbons (Fsp3) is 0.0833. The fourth-order valence-electron chi connectivity index (χ4n) is 1.72. The molecule has 0 amide bonds. The predicted octanol–water partition coefficient (Wildman–Crippen LogP) is 1.51. The van der Waals surface area contributed by atoms with Crippen LogP contribution in [0.1, 0.15) is 5.82 Å². The number of nitrogen functional groups attached to an aromatic ring is 1. The number of rotatable bonds is 3. The van der Waals surface area contributed by atoms with E-state index in [9.17, 15) is 0 Å². The van der Waals surface area contributed by atoms with Crippen LogP contribution in [-0.4, -0.2) is 20.6 Å². The minimum Gasteiger partial charge on any atom is -0.485 e. The van der Waals surface area contributed by atoms with Gasteiger partial charge in [-0.05, 0) is 35.0 Å². The van der Waals surface area contributed by atoms with Gasteiger partial charge >= 0.3 is 0 Å². The number of aromatic nitrogens is 4. The minimum absolute atomic E-state index is 0.289. The van der Waals surface area contributed by atoms with Crippen LogP contribution in [0.15, 0.2) is 36.4 Å². The summed E-state index contributed by atoms with van der Waals surface area (Å²) in [4.78, 5) is 0. The normalized spacial score (nSPS) is 10.7. The number of tetrazole rings is 1. The van der Waals surface area contributed by atoms with Crippen LogP contribution in [0.25, 0.3) is 10.8 Å². The number of hydrogen-bond donors (Lipinski definition) is 2. The van der Waals surface area contributed by atoms with Crippen LogP contribution in [0, 0.1) is 0 Å². The SMILES string of the molecule is Nc1ccc2cc(OCc3nn[nH]n3)ccc2c1. The summed E-state index contributed by atoms with van der Waals surface area (Å²) in [5.41, 5.74) is 6.48. The number of fused-ring (bicyclic) bond motifs is 1. The maximum absolute atomic E-state index is 5.73. The van der Waals surface area contributed by atoms with Gasteiger partial charge in [0.15, 0.2) is 6.61 Å². The molecule has 90 valence electrons. The molecule has 0 spiro atoms. The van der Waals surface area contributed by atoms with Gasteiger partial charge < -0.3 is 10.5 Å². The second kappa shape index (κ2) is 4.33. The number of nitrogens with one attached hydrogen (secondary N) is 1. The zero-order valence-corrected chi connectivity index (χ0v) is 9.50. The maximum Gasteiger partial charge on any atom is 0.211 e. The van der Waals surface area contributed by atoms with Crippen LogP contribution < -0.4 is 10.5 Å². The molecule has 3 N–H and O–H groups in total. The van der Waals surface area contributed by atoms with Gasteiger partial charge in [0, 0.05) is 5.69 Å². The highest BCUT2D eigenvalue weighted by Crippen LogP contribution is 2.23. The lowest BCUT2D eigenvalue weighted by Crippen LogP contribution is -1.97. The van der Waals surface area contributed by atoms with Crippen LogP contribution in [0.3, 0.4) is 0 Å². The average Bonchev–Trinajstić information content (AvgIpc) is 2.89. The van der Waals surface area contributed by atoms with Crippen molar-refractivity contribution >= 4 is 16.5 Å². The van der Waals surface area contributed by atoms with Gasteiger partial charge in [-0.2, -0.15) is 5.21 Å². The molecule has 0 atom stereocenters. The Hall–Kier alpha value is -2.63. The van der Waals surface area contributed by atoms with Crippen molar-refractivity contribution in [3.63, 3.8) is 0 Å². The van der Waals surface area contributed by atoms with E-state index in [0.717, 1.165) is 22.2 Å². The molecule has 0 aliphatic rings. The lowest BCUT2D eigenvalue weighted by atomic mass is 10.1. The quantitative estimate of drug-likeness (QED) is 0.678. The summed E-state index contributed by atoms with van der Waals surface area (Å²) < 4.78 is 5.57. The Morgan fingerprint density at radius 3 is 2.78 bits per heavy atom. The highest BCUT2D eigenvalue weighted by Gasteiger charge is 2.01. The van der Waals surface area contributed by atoms with Crippen molar-refractivity contribution in [2.75, 3.05) is 5.73 Å². The monoisotopic (exact) mass is 241 g/mol. The number of H-pyrrole nitrogens is 1. The first-order valence-corrected chi connectivity index (χ1v) is 5.46. The molecule has 2 aromatic carbocycles. The third-order valence-electron chi connectivity index (χ3n) is 2.59. The topological polar surface area (TPSA) is 89.7 Å². The van der Waals surface area contributed by atoms with Gasteiger partial charge in [0.2, 0.25) is 5.82 Å². The van der Waals surface area contributed by atoms with Gasteiger partial charge in [-0.3, -0.25) is 0 Å². The summed E-state index contributed by atoms with van der Waals surface area (Å²) in [5.74, 6) is 1.28. The maximum atomic E-state index is 5.73. The summed E-state index contributed by atoms with van der Waals surface area (Å²) in [7, 11) is 0. The Kier molecular flexibility index (Phi) is 2.53. The molecule has 0 aliphatic heterocycles. The first-order valence-electron chi connectivity index (χ1n) is 5.46. The molecule has 0 bridgehead atoms. The van der Waals surface area contributed by atoms with Crippen LogP contribution in [0.2, 0.25) is 0 Å². The lowest BCUT2D eigenvalue weighted by molar-refractivity contribution is 0.296. The average molecular weight is 241 g/mol. The molecule has 6 nitrogen and oxygen atoms in total. The summed E-state index contributed by atoms with van der Waals surface area (Å²) in [6.07, 6.45) is 0. The van der Waals surface area contributed by atoms with Gasteiger partial charge in [0.25, 0.3) is 0 Å². The Balaban J connectivity index is 1.82. The molecule has 0 radical (unpaired) electrons. The summed E-state index contributed by atoms with van der Waals surface area (Å²) in [5, 5.41) is 15.6. The van der Waals surface area contributed by atoms with E-state index < -0.39 is 0 Å². The van der Waals surface area contributed by atoms with E-state index in [1.54, 1.807) is 0 Å². The van der Waals surface area contributed by atoms with Crippen molar-refractivity contribution in [2.45, 2.75) is 6.61 Å². The molecule has 3 aromatic rings. The molecular formula is C12H11N5O. The van der Waals surface area contributed by atoms with Crippen LogP contribution in [0.5, 0.6) is 5.75 Å².